The van der Waals surface area contributed by atoms with Gasteiger partial charge in [-0.25, -0.2) is 4.79 Å². The molecule has 98 valence electrons. The zero-order valence-electron chi connectivity index (χ0n) is 10.8. The van der Waals surface area contributed by atoms with E-state index in [1.807, 2.05) is 0 Å². The highest BCUT2D eigenvalue weighted by atomic mass is 16.4. The lowest BCUT2D eigenvalue weighted by Gasteiger charge is -2.38. The van der Waals surface area contributed by atoms with E-state index in [4.69, 9.17) is 0 Å². The van der Waals surface area contributed by atoms with Gasteiger partial charge in [-0.3, -0.25) is 9.36 Å². The highest BCUT2D eigenvalue weighted by Gasteiger charge is 2.44. The topological polar surface area (TPSA) is 59.3 Å². The lowest BCUT2D eigenvalue weighted by molar-refractivity contribution is -0.150. The van der Waals surface area contributed by atoms with Crippen molar-refractivity contribution < 1.29 is 9.90 Å². The number of nitrogens with zero attached hydrogens (tertiary/aromatic N) is 1. The van der Waals surface area contributed by atoms with Crippen molar-refractivity contribution in [2.45, 2.75) is 45.1 Å². The van der Waals surface area contributed by atoms with Crippen molar-refractivity contribution in [1.29, 1.82) is 0 Å². The summed E-state index contributed by atoms with van der Waals surface area (Å²) in [5.41, 5.74) is -0.550. The maximum Gasteiger partial charge on any atom is 0.330 e. The third kappa shape index (κ3) is 1.96. The number of aromatic nitrogens is 1. The van der Waals surface area contributed by atoms with Crippen LogP contribution in [0.1, 0.15) is 38.3 Å². The molecule has 0 aromatic carbocycles. The van der Waals surface area contributed by atoms with Gasteiger partial charge in [-0.15, -0.1) is 0 Å². The summed E-state index contributed by atoms with van der Waals surface area (Å²) in [7, 11) is 0. The summed E-state index contributed by atoms with van der Waals surface area (Å²) >= 11 is 0. The van der Waals surface area contributed by atoms with E-state index in [-0.39, 0.29) is 5.56 Å². The fraction of sp³-hybridized carbons (Fsp3) is 0.571. The zero-order valence-corrected chi connectivity index (χ0v) is 10.8. The second kappa shape index (κ2) is 4.59. The van der Waals surface area contributed by atoms with Crippen LogP contribution in [-0.4, -0.2) is 15.6 Å². The van der Waals surface area contributed by atoms with E-state index in [0.29, 0.717) is 18.8 Å². The smallest absolute Gasteiger partial charge is 0.330 e. The average Bonchev–Trinajstić information content (AvgIpc) is 2.28. The number of carboxylic acids is 1. The Hall–Kier alpha value is -1.58. The molecular weight excluding hydrogens is 230 g/mol. The van der Waals surface area contributed by atoms with Gasteiger partial charge in [-0.1, -0.05) is 25.8 Å². The van der Waals surface area contributed by atoms with E-state index < -0.39 is 11.5 Å². The molecule has 0 amide bonds. The van der Waals surface area contributed by atoms with E-state index in [1.54, 1.807) is 19.1 Å². The fourth-order valence-corrected chi connectivity index (χ4v) is 3.16. The summed E-state index contributed by atoms with van der Waals surface area (Å²) in [6, 6.07) is 4.91. The third-order valence-corrected chi connectivity index (χ3v) is 3.95. The minimum absolute atomic E-state index is 0.216. The minimum Gasteiger partial charge on any atom is -0.479 e. The first-order valence-electron chi connectivity index (χ1n) is 6.40. The van der Waals surface area contributed by atoms with Crippen molar-refractivity contribution in [2.75, 3.05) is 0 Å². The van der Waals surface area contributed by atoms with E-state index in [2.05, 4.69) is 6.92 Å². The van der Waals surface area contributed by atoms with Crippen LogP contribution in [0.2, 0.25) is 0 Å². The Kier molecular flexibility index (Phi) is 3.28. The van der Waals surface area contributed by atoms with Crippen molar-refractivity contribution in [2.24, 2.45) is 5.92 Å². The second-order valence-corrected chi connectivity index (χ2v) is 5.38. The van der Waals surface area contributed by atoms with Crippen LogP contribution in [0.15, 0.2) is 23.0 Å². The Labute approximate surface area is 106 Å². The summed E-state index contributed by atoms with van der Waals surface area (Å²) in [4.78, 5) is 23.8. The third-order valence-electron chi connectivity index (χ3n) is 3.95. The number of hydrogen-bond donors (Lipinski definition) is 1. The second-order valence-electron chi connectivity index (χ2n) is 5.38. The van der Waals surface area contributed by atoms with Crippen LogP contribution in [0, 0.1) is 12.8 Å². The van der Waals surface area contributed by atoms with Gasteiger partial charge in [0.2, 0.25) is 0 Å². The Morgan fingerprint density at radius 1 is 1.50 bits per heavy atom. The largest absolute Gasteiger partial charge is 0.479 e. The molecule has 1 aliphatic carbocycles. The molecule has 1 aliphatic rings. The summed E-state index contributed by atoms with van der Waals surface area (Å²) in [5.74, 6) is -0.549. The van der Waals surface area contributed by atoms with Gasteiger partial charge in [0.25, 0.3) is 5.56 Å². The first kappa shape index (κ1) is 12.9. The first-order chi connectivity index (χ1) is 8.47. The van der Waals surface area contributed by atoms with Crippen molar-refractivity contribution in [1.82, 2.24) is 4.57 Å². The van der Waals surface area contributed by atoms with Gasteiger partial charge >= 0.3 is 5.97 Å². The standard InChI is InChI=1S/C14H19NO3/c1-10-5-4-8-14(9-10,13(17)18)15-11(2)6-3-7-12(15)16/h3,6-7,10H,4-5,8-9H2,1-2H3,(H,17,18). The number of aliphatic carboxylic acids is 1. The molecule has 2 unspecified atom stereocenters. The quantitative estimate of drug-likeness (QED) is 0.873. The van der Waals surface area contributed by atoms with Gasteiger partial charge < -0.3 is 5.11 Å². The van der Waals surface area contributed by atoms with Crippen LogP contribution in [0.25, 0.3) is 0 Å². The van der Waals surface area contributed by atoms with Gasteiger partial charge in [-0.05, 0) is 31.7 Å². The summed E-state index contributed by atoms with van der Waals surface area (Å²) in [5, 5.41) is 9.65. The van der Waals surface area contributed by atoms with Crippen molar-refractivity contribution >= 4 is 5.97 Å². The van der Waals surface area contributed by atoms with Gasteiger partial charge in [0.15, 0.2) is 0 Å². The molecule has 1 fully saturated rings. The number of aryl methyl sites for hydroxylation is 1. The molecule has 4 nitrogen and oxygen atoms in total. The number of pyridine rings is 1. The predicted molar refractivity (Wildman–Crippen MR) is 68.7 cm³/mol. The number of rotatable bonds is 2. The minimum atomic E-state index is -1.06. The predicted octanol–water partition coefficient (Wildman–Crippen LogP) is 2.15. The van der Waals surface area contributed by atoms with Gasteiger partial charge in [0.05, 0.1) is 0 Å². The molecule has 2 atom stereocenters. The highest BCUT2D eigenvalue weighted by Crippen LogP contribution is 2.38. The van der Waals surface area contributed by atoms with Crippen molar-refractivity contribution in [3.8, 4) is 0 Å². The molecule has 1 saturated carbocycles. The molecule has 0 bridgehead atoms. The average molecular weight is 249 g/mol. The molecule has 0 aliphatic heterocycles. The summed E-state index contributed by atoms with van der Waals surface area (Å²) in [6.45, 7) is 3.85. The molecule has 0 radical (unpaired) electrons. The number of carbonyl (C=O) groups is 1. The van der Waals surface area contributed by atoms with Gasteiger partial charge in [0, 0.05) is 11.8 Å². The molecule has 0 saturated heterocycles. The van der Waals surface area contributed by atoms with Crippen LogP contribution in [0.5, 0.6) is 0 Å². The molecule has 1 N–H and O–H groups in total. The lowest BCUT2D eigenvalue weighted by Crippen LogP contribution is -2.50. The zero-order chi connectivity index (χ0) is 13.3. The number of carboxylic acid groups (broad SMARTS) is 1. The first-order valence-corrected chi connectivity index (χ1v) is 6.40. The number of hydrogen-bond acceptors (Lipinski definition) is 2. The fourth-order valence-electron chi connectivity index (χ4n) is 3.16. The molecule has 4 heteroatoms. The van der Waals surface area contributed by atoms with Crippen LogP contribution >= 0.6 is 0 Å². The monoisotopic (exact) mass is 249 g/mol. The van der Waals surface area contributed by atoms with Crippen LogP contribution in [0.4, 0.5) is 0 Å². The van der Waals surface area contributed by atoms with Gasteiger partial charge in [0.1, 0.15) is 5.54 Å². The van der Waals surface area contributed by atoms with E-state index in [9.17, 15) is 14.7 Å². The maximum absolute atomic E-state index is 12.1. The van der Waals surface area contributed by atoms with Gasteiger partial charge in [-0.2, -0.15) is 0 Å². The molecule has 18 heavy (non-hydrogen) atoms. The van der Waals surface area contributed by atoms with Crippen LogP contribution in [0.3, 0.4) is 0 Å². The highest BCUT2D eigenvalue weighted by molar-refractivity contribution is 5.77. The Balaban J connectivity index is 2.61. The molecule has 1 heterocycles. The molecule has 1 aromatic heterocycles. The summed E-state index contributed by atoms with van der Waals surface area (Å²) in [6.07, 6.45) is 2.97. The van der Waals surface area contributed by atoms with Crippen LogP contribution < -0.4 is 5.56 Å². The molecule has 1 aromatic rings. The molecule has 0 spiro atoms. The maximum atomic E-state index is 12.1. The van der Waals surface area contributed by atoms with E-state index >= 15 is 0 Å². The molecule has 2 rings (SSSR count). The van der Waals surface area contributed by atoms with E-state index in [1.165, 1.54) is 10.6 Å². The Morgan fingerprint density at radius 2 is 2.22 bits per heavy atom. The Morgan fingerprint density at radius 3 is 2.78 bits per heavy atom. The lowest BCUT2D eigenvalue weighted by atomic mass is 9.76. The summed E-state index contributed by atoms with van der Waals surface area (Å²) < 4.78 is 1.48. The normalized spacial score (nSPS) is 28.0. The Bertz CT molecular complexity index is 520. The molecular formula is C14H19NO3. The SMILES string of the molecule is Cc1cccc(=O)n1C1(C(=O)O)CCCC(C)C1. The van der Waals surface area contributed by atoms with Crippen molar-refractivity contribution in [3.05, 3.63) is 34.2 Å². The van der Waals surface area contributed by atoms with Crippen molar-refractivity contribution in [3.63, 3.8) is 0 Å². The van der Waals surface area contributed by atoms with Crippen LogP contribution in [-0.2, 0) is 10.3 Å². The van der Waals surface area contributed by atoms with E-state index in [0.717, 1.165) is 18.5 Å².